The number of aromatic amines is 1. The van der Waals surface area contributed by atoms with Crippen LogP contribution in [-0.2, 0) is 6.42 Å². The monoisotopic (exact) mass is 291 g/mol. The van der Waals surface area contributed by atoms with Gasteiger partial charge in [-0.25, -0.2) is 0 Å². The molecule has 2 fully saturated rings. The number of aromatic nitrogens is 3. The Balaban J connectivity index is 1.46. The van der Waals surface area contributed by atoms with Gasteiger partial charge >= 0.3 is 0 Å². The predicted molar refractivity (Wildman–Crippen MR) is 85.5 cm³/mol. The first kappa shape index (κ1) is 14.8. The quantitative estimate of drug-likeness (QED) is 0.845. The minimum absolute atomic E-state index is 0.812. The van der Waals surface area contributed by atoms with E-state index in [0.29, 0.717) is 0 Å². The fourth-order valence-corrected chi connectivity index (χ4v) is 3.80. The van der Waals surface area contributed by atoms with Gasteiger partial charge in [0.05, 0.1) is 0 Å². The van der Waals surface area contributed by atoms with Crippen molar-refractivity contribution in [2.75, 3.05) is 31.6 Å². The van der Waals surface area contributed by atoms with Crippen LogP contribution >= 0.6 is 0 Å². The first-order chi connectivity index (χ1) is 10.3. The minimum atomic E-state index is 0.812. The lowest BCUT2D eigenvalue weighted by Crippen LogP contribution is -2.37. The molecule has 3 rings (SSSR count). The lowest BCUT2D eigenvalue weighted by Gasteiger charge is -2.30. The van der Waals surface area contributed by atoms with E-state index in [4.69, 9.17) is 4.98 Å². The first-order valence-electron chi connectivity index (χ1n) is 8.66. The summed E-state index contributed by atoms with van der Waals surface area (Å²) in [6.45, 7) is 3.31. The molecule has 2 heterocycles. The van der Waals surface area contributed by atoms with Crippen LogP contribution in [0.4, 0.5) is 5.95 Å². The van der Waals surface area contributed by atoms with Crippen molar-refractivity contribution < 1.29 is 0 Å². The van der Waals surface area contributed by atoms with E-state index in [9.17, 15) is 0 Å². The number of anilines is 1. The Bertz CT molecular complexity index is 416. The van der Waals surface area contributed by atoms with Gasteiger partial charge in [0, 0.05) is 19.5 Å². The molecular formula is C16H29N5. The fourth-order valence-electron chi connectivity index (χ4n) is 3.80. The van der Waals surface area contributed by atoms with Gasteiger partial charge in [-0.2, -0.15) is 4.98 Å². The lowest BCUT2D eigenvalue weighted by molar-refractivity contribution is 0.391. The summed E-state index contributed by atoms with van der Waals surface area (Å²) in [4.78, 5) is 7.04. The van der Waals surface area contributed by atoms with Gasteiger partial charge in [-0.15, -0.1) is 5.10 Å². The molecule has 1 aromatic rings. The number of hydrogen-bond acceptors (Lipinski definition) is 4. The second-order valence-corrected chi connectivity index (χ2v) is 6.76. The number of hydrogen-bond donors (Lipinski definition) is 2. The molecule has 1 aliphatic heterocycles. The van der Waals surface area contributed by atoms with Crippen molar-refractivity contribution in [1.82, 2.24) is 20.5 Å². The van der Waals surface area contributed by atoms with E-state index in [1.165, 1.54) is 44.9 Å². The van der Waals surface area contributed by atoms with Gasteiger partial charge in [0.25, 0.3) is 0 Å². The lowest BCUT2D eigenvalue weighted by atomic mass is 9.97. The van der Waals surface area contributed by atoms with Crippen molar-refractivity contribution in [3.63, 3.8) is 0 Å². The second kappa shape index (κ2) is 7.25. The highest BCUT2D eigenvalue weighted by Gasteiger charge is 2.21. The van der Waals surface area contributed by atoms with Gasteiger partial charge in [0.2, 0.25) is 5.95 Å². The van der Waals surface area contributed by atoms with Crippen LogP contribution in [-0.4, -0.2) is 41.9 Å². The van der Waals surface area contributed by atoms with Crippen LogP contribution in [0.2, 0.25) is 0 Å². The average molecular weight is 291 g/mol. The number of piperidine rings is 1. The van der Waals surface area contributed by atoms with Crippen LogP contribution in [0.25, 0.3) is 0 Å². The average Bonchev–Trinajstić information content (AvgIpc) is 3.18. The van der Waals surface area contributed by atoms with E-state index < -0.39 is 0 Å². The molecule has 1 saturated carbocycles. The minimum Gasteiger partial charge on any atom is -0.340 e. The molecule has 1 aliphatic carbocycles. The van der Waals surface area contributed by atoms with Crippen molar-refractivity contribution in [3.05, 3.63) is 5.82 Å². The summed E-state index contributed by atoms with van der Waals surface area (Å²) in [5, 5.41) is 10.9. The number of H-pyrrole nitrogens is 1. The van der Waals surface area contributed by atoms with Crippen LogP contribution in [0.3, 0.4) is 0 Å². The van der Waals surface area contributed by atoms with Crippen LogP contribution < -0.4 is 10.2 Å². The molecule has 5 nitrogen and oxygen atoms in total. The van der Waals surface area contributed by atoms with Crippen molar-refractivity contribution in [3.8, 4) is 0 Å². The Labute approximate surface area is 127 Å². The van der Waals surface area contributed by atoms with Crippen molar-refractivity contribution in [2.45, 2.75) is 51.4 Å². The zero-order chi connectivity index (χ0) is 14.5. The molecular weight excluding hydrogens is 262 g/mol. The van der Waals surface area contributed by atoms with Crippen molar-refractivity contribution in [2.24, 2.45) is 11.8 Å². The molecule has 0 aromatic carbocycles. The Kier molecular flexibility index (Phi) is 5.12. The van der Waals surface area contributed by atoms with Crippen LogP contribution in [0.5, 0.6) is 0 Å². The topological polar surface area (TPSA) is 56.8 Å². The van der Waals surface area contributed by atoms with Crippen molar-refractivity contribution >= 4 is 5.95 Å². The number of nitrogens with one attached hydrogen (secondary N) is 2. The van der Waals surface area contributed by atoms with Gasteiger partial charge < -0.3 is 10.2 Å². The van der Waals surface area contributed by atoms with Gasteiger partial charge in [0.15, 0.2) is 0 Å². The summed E-state index contributed by atoms with van der Waals surface area (Å²) >= 11 is 0. The maximum Gasteiger partial charge on any atom is 0.244 e. The summed E-state index contributed by atoms with van der Waals surface area (Å²) in [5.41, 5.74) is 0. The van der Waals surface area contributed by atoms with Gasteiger partial charge in [-0.05, 0) is 44.7 Å². The van der Waals surface area contributed by atoms with E-state index in [2.05, 4.69) is 20.4 Å². The highest BCUT2D eigenvalue weighted by Crippen LogP contribution is 2.28. The molecule has 0 radical (unpaired) electrons. The summed E-state index contributed by atoms with van der Waals surface area (Å²) in [6.07, 6.45) is 10.5. The Hall–Kier alpha value is -1.10. The van der Waals surface area contributed by atoms with E-state index in [1.54, 1.807) is 0 Å². The smallest absolute Gasteiger partial charge is 0.244 e. The second-order valence-electron chi connectivity index (χ2n) is 6.76. The summed E-state index contributed by atoms with van der Waals surface area (Å²) in [5.74, 6) is 3.73. The Morgan fingerprint density at radius 1 is 1.14 bits per heavy atom. The predicted octanol–water partition coefficient (Wildman–Crippen LogP) is 2.36. The summed E-state index contributed by atoms with van der Waals surface area (Å²) in [7, 11) is 2.04. The van der Waals surface area contributed by atoms with Crippen LogP contribution in [0.15, 0.2) is 0 Å². The summed E-state index contributed by atoms with van der Waals surface area (Å²) in [6, 6.07) is 0. The van der Waals surface area contributed by atoms with E-state index >= 15 is 0 Å². The molecule has 21 heavy (non-hydrogen) atoms. The maximum atomic E-state index is 4.71. The molecule has 0 atom stereocenters. The highest BCUT2D eigenvalue weighted by atomic mass is 15.4. The molecule has 0 bridgehead atoms. The third-order valence-corrected chi connectivity index (χ3v) is 5.17. The maximum absolute atomic E-state index is 4.71. The van der Waals surface area contributed by atoms with E-state index in [-0.39, 0.29) is 0 Å². The van der Waals surface area contributed by atoms with Crippen LogP contribution in [0.1, 0.15) is 50.8 Å². The zero-order valence-electron chi connectivity index (χ0n) is 13.3. The van der Waals surface area contributed by atoms with Gasteiger partial charge in [0.1, 0.15) is 5.82 Å². The Morgan fingerprint density at radius 2 is 1.90 bits per heavy atom. The van der Waals surface area contributed by atoms with Crippen molar-refractivity contribution in [1.29, 1.82) is 0 Å². The standard InChI is InChI=1S/C16H29N5/c1-17-12-14-8-10-21(11-9-14)16-18-15(19-20-16)7-6-13-4-2-3-5-13/h13-14,17H,2-12H2,1H3,(H,18,19,20). The Morgan fingerprint density at radius 3 is 2.62 bits per heavy atom. The molecule has 118 valence electrons. The number of rotatable bonds is 6. The molecule has 0 spiro atoms. The molecule has 2 aliphatic rings. The number of aryl methyl sites for hydroxylation is 1. The first-order valence-corrected chi connectivity index (χ1v) is 8.66. The molecule has 1 saturated heterocycles. The molecule has 5 heteroatoms. The van der Waals surface area contributed by atoms with Crippen LogP contribution in [0, 0.1) is 11.8 Å². The molecule has 1 aromatic heterocycles. The number of nitrogens with zero attached hydrogens (tertiary/aromatic N) is 3. The SMILES string of the molecule is CNCC1CCN(c2n[nH]c(CCC3CCCC3)n2)CC1. The third-order valence-electron chi connectivity index (χ3n) is 5.17. The van der Waals surface area contributed by atoms with Gasteiger partial charge in [-0.3, -0.25) is 5.10 Å². The normalized spacial score (nSPS) is 21.3. The zero-order valence-corrected chi connectivity index (χ0v) is 13.3. The van der Waals surface area contributed by atoms with Gasteiger partial charge in [-0.1, -0.05) is 25.7 Å². The van der Waals surface area contributed by atoms with E-state index in [0.717, 1.165) is 49.7 Å². The highest BCUT2D eigenvalue weighted by molar-refractivity contribution is 5.29. The summed E-state index contributed by atoms with van der Waals surface area (Å²) < 4.78 is 0. The third kappa shape index (κ3) is 3.96. The molecule has 0 unspecified atom stereocenters. The molecule has 0 amide bonds. The largest absolute Gasteiger partial charge is 0.340 e. The molecule has 2 N–H and O–H groups in total. The van der Waals surface area contributed by atoms with E-state index in [1.807, 2.05) is 7.05 Å². The fraction of sp³-hybridized carbons (Fsp3) is 0.875.